The zero-order valence-electron chi connectivity index (χ0n) is 15.1. The Balaban J connectivity index is 1.75. The molecule has 0 bridgehead atoms. The summed E-state index contributed by atoms with van der Waals surface area (Å²) in [6.45, 7) is 3.93. The summed E-state index contributed by atoms with van der Waals surface area (Å²) in [4.78, 5) is 16.8. The van der Waals surface area contributed by atoms with Gasteiger partial charge in [-0.1, -0.05) is 12.2 Å². The molecule has 1 aliphatic heterocycles. The van der Waals surface area contributed by atoms with Crippen LogP contribution in [0.2, 0.25) is 0 Å². The molecule has 0 unspecified atom stereocenters. The van der Waals surface area contributed by atoms with Gasteiger partial charge in [-0.15, -0.1) is 11.3 Å². The van der Waals surface area contributed by atoms with Gasteiger partial charge in [-0.3, -0.25) is 9.13 Å². The lowest BCUT2D eigenvalue weighted by Gasteiger charge is -2.20. The highest BCUT2D eigenvalue weighted by molar-refractivity contribution is 7.13. The van der Waals surface area contributed by atoms with Crippen molar-refractivity contribution in [3.05, 3.63) is 74.8 Å². The second kappa shape index (κ2) is 8.49. The van der Waals surface area contributed by atoms with Crippen LogP contribution in [0.4, 0.5) is 8.78 Å². The summed E-state index contributed by atoms with van der Waals surface area (Å²) in [6, 6.07) is 4.04. The van der Waals surface area contributed by atoms with E-state index >= 15 is 0 Å². The number of halogens is 2. The van der Waals surface area contributed by atoms with Crippen molar-refractivity contribution < 1.29 is 8.78 Å². The molecule has 0 aromatic carbocycles. The van der Waals surface area contributed by atoms with Crippen molar-refractivity contribution in [1.29, 1.82) is 0 Å². The minimum Gasteiger partial charge on any atom is -0.373 e. The molecule has 0 saturated heterocycles. The van der Waals surface area contributed by atoms with E-state index in [1.54, 1.807) is 17.5 Å². The number of hydrogen-bond donors (Lipinski definition) is 1. The predicted molar refractivity (Wildman–Crippen MR) is 105 cm³/mol. The summed E-state index contributed by atoms with van der Waals surface area (Å²) in [5.74, 6) is 0. The van der Waals surface area contributed by atoms with Crippen LogP contribution in [0.5, 0.6) is 0 Å². The Morgan fingerprint density at radius 2 is 2.04 bits per heavy atom. The van der Waals surface area contributed by atoms with Crippen molar-refractivity contribution in [1.82, 2.24) is 14.0 Å². The summed E-state index contributed by atoms with van der Waals surface area (Å²) in [7, 11) is 0. The van der Waals surface area contributed by atoms with Gasteiger partial charge in [0.1, 0.15) is 0 Å². The lowest BCUT2D eigenvalue weighted by molar-refractivity contribution is 0.402. The van der Waals surface area contributed by atoms with Gasteiger partial charge >= 0.3 is 5.69 Å². The first-order valence-electron chi connectivity index (χ1n) is 8.72. The SMILES string of the molecule is CCN1C=C(c2ccc(Cn3ccn(CC(CN)=C(F)F)c3=O)s2)C=CC1. The van der Waals surface area contributed by atoms with Gasteiger partial charge in [-0.2, -0.15) is 8.78 Å². The molecule has 2 aromatic heterocycles. The van der Waals surface area contributed by atoms with Crippen LogP contribution in [0, 0.1) is 0 Å². The van der Waals surface area contributed by atoms with Crippen LogP contribution in [0.3, 0.4) is 0 Å². The van der Waals surface area contributed by atoms with E-state index in [1.165, 1.54) is 15.3 Å². The summed E-state index contributed by atoms with van der Waals surface area (Å²) < 4.78 is 28.3. The molecular weight excluding hydrogens is 370 g/mol. The predicted octanol–water partition coefficient (Wildman–Crippen LogP) is 3.10. The molecule has 8 heteroatoms. The van der Waals surface area contributed by atoms with Crippen LogP contribution >= 0.6 is 11.3 Å². The maximum Gasteiger partial charge on any atom is 0.328 e. The van der Waals surface area contributed by atoms with Gasteiger partial charge in [-0.25, -0.2) is 4.79 Å². The van der Waals surface area contributed by atoms with Crippen molar-refractivity contribution in [2.24, 2.45) is 5.73 Å². The molecule has 0 aliphatic carbocycles. The Morgan fingerprint density at radius 1 is 1.26 bits per heavy atom. The third-order valence-corrected chi connectivity index (χ3v) is 5.55. The number of likely N-dealkylation sites (N-methyl/N-ethyl adjacent to an activating group) is 1. The molecular formula is C19H22F2N4OS. The molecule has 0 amide bonds. The Morgan fingerprint density at radius 3 is 2.74 bits per heavy atom. The molecule has 3 heterocycles. The number of rotatable bonds is 7. The number of nitrogens with two attached hydrogens (primary N) is 1. The van der Waals surface area contributed by atoms with E-state index in [2.05, 4.69) is 30.2 Å². The average molecular weight is 392 g/mol. The first-order valence-corrected chi connectivity index (χ1v) is 9.53. The second-order valence-electron chi connectivity index (χ2n) is 6.24. The fourth-order valence-corrected chi connectivity index (χ4v) is 3.86. The molecule has 27 heavy (non-hydrogen) atoms. The Kier molecular flexibility index (Phi) is 6.08. The van der Waals surface area contributed by atoms with E-state index in [0.717, 1.165) is 28.4 Å². The maximum atomic E-state index is 12.8. The fourth-order valence-electron chi connectivity index (χ4n) is 2.86. The quantitative estimate of drug-likeness (QED) is 0.788. The van der Waals surface area contributed by atoms with Gasteiger partial charge in [-0.05, 0) is 19.1 Å². The minimum atomic E-state index is -1.82. The smallest absolute Gasteiger partial charge is 0.328 e. The average Bonchev–Trinajstić information content (AvgIpc) is 3.27. The number of imidazole rings is 1. The molecule has 0 fully saturated rings. The van der Waals surface area contributed by atoms with Gasteiger partial charge in [0.25, 0.3) is 6.08 Å². The van der Waals surface area contributed by atoms with Crippen LogP contribution in [-0.2, 0) is 13.1 Å². The second-order valence-corrected chi connectivity index (χ2v) is 7.41. The van der Waals surface area contributed by atoms with Crippen molar-refractivity contribution in [2.75, 3.05) is 19.6 Å². The number of hydrogen-bond acceptors (Lipinski definition) is 4. The van der Waals surface area contributed by atoms with E-state index in [0.29, 0.717) is 6.54 Å². The first kappa shape index (κ1) is 19.3. The fraction of sp³-hybridized carbons (Fsp3) is 0.316. The van der Waals surface area contributed by atoms with Crippen molar-refractivity contribution in [3.63, 3.8) is 0 Å². The van der Waals surface area contributed by atoms with Gasteiger partial charge in [0, 0.05) is 59.1 Å². The van der Waals surface area contributed by atoms with Crippen LogP contribution in [-0.4, -0.2) is 33.7 Å². The molecule has 144 valence electrons. The Labute approximate surface area is 160 Å². The summed E-state index contributed by atoms with van der Waals surface area (Å²) in [5, 5.41) is 0. The molecule has 1 aliphatic rings. The normalized spacial score (nSPS) is 13.8. The van der Waals surface area contributed by atoms with Gasteiger partial charge in [0.2, 0.25) is 0 Å². The van der Waals surface area contributed by atoms with E-state index in [1.807, 2.05) is 12.1 Å². The molecule has 0 radical (unpaired) electrons. The third-order valence-electron chi connectivity index (χ3n) is 4.43. The van der Waals surface area contributed by atoms with Gasteiger partial charge in [0.05, 0.1) is 13.1 Å². The zero-order valence-corrected chi connectivity index (χ0v) is 15.9. The molecule has 0 atom stereocenters. The van der Waals surface area contributed by atoms with Crippen molar-refractivity contribution in [2.45, 2.75) is 20.0 Å². The van der Waals surface area contributed by atoms with Crippen LogP contribution < -0.4 is 11.4 Å². The number of nitrogens with zero attached hydrogens (tertiary/aromatic N) is 3. The summed E-state index contributed by atoms with van der Waals surface area (Å²) >= 11 is 1.62. The van der Waals surface area contributed by atoms with E-state index < -0.39 is 6.08 Å². The summed E-state index contributed by atoms with van der Waals surface area (Å²) in [6.07, 6.45) is 7.69. The van der Waals surface area contributed by atoms with Crippen molar-refractivity contribution >= 4 is 16.9 Å². The number of aromatic nitrogens is 2. The molecule has 0 saturated carbocycles. The summed E-state index contributed by atoms with van der Waals surface area (Å²) in [5.41, 5.74) is 5.92. The van der Waals surface area contributed by atoms with E-state index in [4.69, 9.17) is 5.73 Å². The number of allylic oxidation sites excluding steroid dienone is 2. The Bertz CT molecular complexity index is 947. The van der Waals surface area contributed by atoms with E-state index in [-0.39, 0.29) is 24.4 Å². The van der Waals surface area contributed by atoms with Crippen molar-refractivity contribution in [3.8, 4) is 0 Å². The highest BCUT2D eigenvalue weighted by Crippen LogP contribution is 2.27. The zero-order chi connectivity index (χ0) is 19.4. The van der Waals surface area contributed by atoms with Crippen LogP contribution in [0.15, 0.2) is 59.3 Å². The molecule has 2 N–H and O–H groups in total. The van der Waals surface area contributed by atoms with Gasteiger partial charge in [0.15, 0.2) is 0 Å². The standard InChI is InChI=1S/C19H22F2N4OS/c1-2-23-7-3-4-14(11-23)17-6-5-16(27-17)13-25-9-8-24(19(25)26)12-15(10-22)18(20)21/h3-6,8-9,11H,2,7,10,12-13,22H2,1H3. The maximum absolute atomic E-state index is 12.8. The first-order chi connectivity index (χ1) is 13.0. The lowest BCUT2D eigenvalue weighted by Crippen LogP contribution is -2.26. The topological polar surface area (TPSA) is 56.2 Å². The van der Waals surface area contributed by atoms with E-state index in [9.17, 15) is 13.6 Å². The van der Waals surface area contributed by atoms with Gasteiger partial charge < -0.3 is 10.6 Å². The van der Waals surface area contributed by atoms with Crippen LogP contribution in [0.1, 0.15) is 16.7 Å². The lowest BCUT2D eigenvalue weighted by atomic mass is 10.1. The largest absolute Gasteiger partial charge is 0.373 e. The molecule has 0 spiro atoms. The highest BCUT2D eigenvalue weighted by atomic mass is 32.1. The molecule has 3 rings (SSSR count). The Hall–Kier alpha value is -2.45. The third kappa shape index (κ3) is 4.45. The monoisotopic (exact) mass is 392 g/mol. The van der Waals surface area contributed by atoms with Crippen LogP contribution in [0.25, 0.3) is 5.57 Å². The minimum absolute atomic E-state index is 0.190. The molecule has 2 aromatic rings. The number of thiophene rings is 1. The highest BCUT2D eigenvalue weighted by Gasteiger charge is 2.12. The molecule has 5 nitrogen and oxygen atoms in total.